The predicted molar refractivity (Wildman–Crippen MR) is 135 cm³/mol. The Balaban J connectivity index is 1.82. The van der Waals surface area contributed by atoms with Crippen molar-refractivity contribution in [1.82, 2.24) is 34.5 Å². The topological polar surface area (TPSA) is 148 Å². The Morgan fingerprint density at radius 1 is 1.00 bits per heavy atom. The lowest BCUT2D eigenvalue weighted by Gasteiger charge is -2.23. The number of para-hydroxylation sites is 1. The predicted octanol–water partition coefficient (Wildman–Crippen LogP) is 2.30. The molecule has 3 heterocycles. The van der Waals surface area contributed by atoms with Crippen molar-refractivity contribution in [3.8, 4) is 28.7 Å². The van der Waals surface area contributed by atoms with Gasteiger partial charge in [0.15, 0.2) is 5.82 Å². The van der Waals surface area contributed by atoms with Crippen molar-refractivity contribution < 1.29 is 22.6 Å². The van der Waals surface area contributed by atoms with Gasteiger partial charge in [0.25, 0.3) is 0 Å². The standard InChI is InChI=1S/C23H28N8O5S/c1-14-12-25-17(13-24-14)21(36-6)15(2)37(32,33)29-23-27-26-22(16-10-11-30(3)28-16)31(23)20-18(34-4)8-7-9-19(20)35-5/h7-13,15,21H,1-6H3,(H,27,29). The zero-order valence-corrected chi connectivity index (χ0v) is 22.1. The number of hydrogen-bond donors (Lipinski definition) is 1. The van der Waals surface area contributed by atoms with E-state index >= 15 is 0 Å². The van der Waals surface area contributed by atoms with Crippen LogP contribution in [0.15, 0.2) is 42.9 Å². The van der Waals surface area contributed by atoms with Gasteiger partial charge < -0.3 is 14.2 Å². The summed E-state index contributed by atoms with van der Waals surface area (Å²) in [7, 11) is 2.09. The lowest BCUT2D eigenvalue weighted by molar-refractivity contribution is 0.0985. The van der Waals surface area contributed by atoms with E-state index in [1.807, 2.05) is 0 Å². The maximum absolute atomic E-state index is 13.6. The molecule has 2 atom stereocenters. The lowest BCUT2D eigenvalue weighted by atomic mass is 10.2. The molecule has 196 valence electrons. The van der Waals surface area contributed by atoms with Crippen LogP contribution < -0.4 is 14.2 Å². The summed E-state index contributed by atoms with van der Waals surface area (Å²) in [4.78, 5) is 8.50. The van der Waals surface area contributed by atoms with E-state index in [4.69, 9.17) is 14.2 Å². The monoisotopic (exact) mass is 528 g/mol. The molecule has 0 fully saturated rings. The number of benzene rings is 1. The Hall–Kier alpha value is -4.04. The van der Waals surface area contributed by atoms with E-state index in [-0.39, 0.29) is 11.8 Å². The van der Waals surface area contributed by atoms with E-state index in [0.717, 1.165) is 0 Å². The highest BCUT2D eigenvalue weighted by atomic mass is 32.2. The van der Waals surface area contributed by atoms with Gasteiger partial charge in [0.2, 0.25) is 16.0 Å². The van der Waals surface area contributed by atoms with Gasteiger partial charge in [-0.15, -0.1) is 10.2 Å². The minimum Gasteiger partial charge on any atom is -0.494 e. The fourth-order valence-corrected chi connectivity index (χ4v) is 4.95. The number of ether oxygens (including phenoxy) is 3. The van der Waals surface area contributed by atoms with Crippen molar-refractivity contribution in [1.29, 1.82) is 0 Å². The first-order valence-electron chi connectivity index (χ1n) is 11.2. The summed E-state index contributed by atoms with van der Waals surface area (Å²) in [5.74, 6) is 1.02. The van der Waals surface area contributed by atoms with Gasteiger partial charge in [0.05, 0.1) is 31.8 Å². The molecular weight excluding hydrogens is 500 g/mol. The fraction of sp³-hybridized carbons (Fsp3) is 0.348. The second kappa shape index (κ2) is 10.5. The quantitative estimate of drug-likeness (QED) is 0.325. The van der Waals surface area contributed by atoms with Crippen molar-refractivity contribution in [2.75, 3.05) is 26.1 Å². The van der Waals surface area contributed by atoms with E-state index in [2.05, 4.69) is 30.0 Å². The number of sulfonamides is 1. The summed E-state index contributed by atoms with van der Waals surface area (Å²) in [6.45, 7) is 3.31. The highest BCUT2D eigenvalue weighted by Crippen LogP contribution is 2.37. The van der Waals surface area contributed by atoms with E-state index in [9.17, 15) is 8.42 Å². The van der Waals surface area contributed by atoms with Crippen LogP contribution in [0.5, 0.6) is 11.5 Å². The largest absolute Gasteiger partial charge is 0.494 e. The number of nitrogens with one attached hydrogen (secondary N) is 1. The van der Waals surface area contributed by atoms with Gasteiger partial charge in [0.1, 0.15) is 34.2 Å². The summed E-state index contributed by atoms with van der Waals surface area (Å²) >= 11 is 0. The van der Waals surface area contributed by atoms with Gasteiger partial charge >= 0.3 is 0 Å². The van der Waals surface area contributed by atoms with Gasteiger partial charge in [-0.1, -0.05) is 6.07 Å². The van der Waals surface area contributed by atoms with Crippen LogP contribution in [0.1, 0.15) is 24.4 Å². The molecule has 4 rings (SSSR count). The van der Waals surface area contributed by atoms with Gasteiger partial charge in [-0.05, 0) is 32.0 Å². The van der Waals surface area contributed by atoms with Crippen LogP contribution in [0.3, 0.4) is 0 Å². The molecule has 2 unspecified atom stereocenters. The molecule has 0 bridgehead atoms. The number of hydrogen-bond acceptors (Lipinski definition) is 10. The minimum atomic E-state index is -4.09. The summed E-state index contributed by atoms with van der Waals surface area (Å²) < 4.78 is 49.5. The summed E-state index contributed by atoms with van der Waals surface area (Å²) in [5.41, 5.74) is 1.95. The highest BCUT2D eigenvalue weighted by molar-refractivity contribution is 7.93. The normalized spacial score (nSPS) is 13.2. The number of nitrogens with zero attached hydrogens (tertiary/aromatic N) is 7. The molecule has 4 aromatic rings. The first-order valence-corrected chi connectivity index (χ1v) is 12.7. The average Bonchev–Trinajstić information content (AvgIpc) is 3.50. The number of aryl methyl sites for hydroxylation is 2. The maximum atomic E-state index is 13.6. The second-order valence-electron chi connectivity index (χ2n) is 8.16. The van der Waals surface area contributed by atoms with E-state index in [1.54, 1.807) is 55.3 Å². The molecule has 0 spiro atoms. The molecule has 0 aliphatic carbocycles. The highest BCUT2D eigenvalue weighted by Gasteiger charge is 2.34. The Morgan fingerprint density at radius 2 is 1.70 bits per heavy atom. The first kappa shape index (κ1) is 26.0. The molecule has 1 N–H and O–H groups in total. The Morgan fingerprint density at radius 3 is 2.24 bits per heavy atom. The average molecular weight is 529 g/mol. The third-order valence-electron chi connectivity index (χ3n) is 5.73. The molecule has 0 aliphatic rings. The number of anilines is 1. The van der Waals surface area contributed by atoms with Crippen molar-refractivity contribution in [3.05, 3.63) is 54.2 Å². The lowest BCUT2D eigenvalue weighted by Crippen LogP contribution is -2.33. The van der Waals surface area contributed by atoms with Crippen molar-refractivity contribution in [2.45, 2.75) is 25.2 Å². The van der Waals surface area contributed by atoms with E-state index in [1.165, 1.54) is 39.0 Å². The summed E-state index contributed by atoms with van der Waals surface area (Å²) in [6, 6.07) is 6.93. The van der Waals surface area contributed by atoms with Crippen LogP contribution in [0, 0.1) is 6.92 Å². The molecule has 1 aromatic carbocycles. The van der Waals surface area contributed by atoms with Gasteiger partial charge in [-0.2, -0.15) is 5.10 Å². The molecule has 0 saturated heterocycles. The van der Waals surface area contributed by atoms with Gasteiger partial charge in [-0.25, -0.2) is 8.42 Å². The zero-order valence-electron chi connectivity index (χ0n) is 21.3. The first-order chi connectivity index (χ1) is 17.7. The van der Waals surface area contributed by atoms with E-state index in [0.29, 0.717) is 34.3 Å². The van der Waals surface area contributed by atoms with Crippen molar-refractivity contribution in [3.63, 3.8) is 0 Å². The Kier molecular flexibility index (Phi) is 7.40. The zero-order chi connectivity index (χ0) is 26.7. The Labute approximate surface area is 214 Å². The van der Waals surface area contributed by atoms with Crippen LogP contribution in [-0.2, 0) is 21.8 Å². The van der Waals surface area contributed by atoms with Crippen LogP contribution >= 0.6 is 0 Å². The second-order valence-corrected chi connectivity index (χ2v) is 10.2. The Bertz CT molecular complexity index is 1460. The van der Waals surface area contributed by atoms with Crippen LogP contribution in [0.2, 0.25) is 0 Å². The van der Waals surface area contributed by atoms with Crippen LogP contribution in [0.4, 0.5) is 5.95 Å². The molecule has 14 heteroatoms. The van der Waals surface area contributed by atoms with Crippen molar-refractivity contribution in [2.24, 2.45) is 7.05 Å². The number of rotatable bonds is 10. The molecular formula is C23H28N8O5S. The third-order valence-corrected chi connectivity index (χ3v) is 7.42. The maximum Gasteiger partial charge on any atom is 0.243 e. The SMILES string of the molecule is COc1cccc(OC)c1-n1c(NS(=O)(=O)C(C)C(OC)c2cnc(C)cn2)nnc1-c1ccn(C)n1. The third kappa shape index (κ3) is 5.11. The number of methoxy groups -OCH3 is 3. The molecule has 37 heavy (non-hydrogen) atoms. The number of aromatic nitrogens is 7. The molecule has 0 saturated carbocycles. The molecule has 13 nitrogen and oxygen atoms in total. The van der Waals surface area contributed by atoms with Gasteiger partial charge in [0, 0.05) is 26.6 Å². The van der Waals surface area contributed by atoms with Gasteiger partial charge in [-0.3, -0.25) is 23.9 Å². The molecule has 3 aromatic heterocycles. The molecule has 0 amide bonds. The minimum absolute atomic E-state index is 0.0832. The van der Waals surface area contributed by atoms with Crippen molar-refractivity contribution >= 4 is 16.0 Å². The van der Waals surface area contributed by atoms with E-state index < -0.39 is 21.4 Å². The summed E-state index contributed by atoms with van der Waals surface area (Å²) in [6.07, 6.45) is 3.90. The molecule has 0 aliphatic heterocycles. The smallest absolute Gasteiger partial charge is 0.243 e. The van der Waals surface area contributed by atoms with Crippen LogP contribution in [0.25, 0.3) is 17.2 Å². The molecule has 0 radical (unpaired) electrons. The fourth-order valence-electron chi connectivity index (χ4n) is 3.80. The summed E-state index contributed by atoms with van der Waals surface area (Å²) in [5, 5.41) is 11.7. The van der Waals surface area contributed by atoms with Crippen LogP contribution in [-0.4, -0.2) is 69.5 Å².